The van der Waals surface area contributed by atoms with Crippen molar-refractivity contribution in [2.45, 2.75) is 19.1 Å². The number of rotatable bonds is 6. The summed E-state index contributed by atoms with van der Waals surface area (Å²) in [7, 11) is 0. The Hall–Kier alpha value is -3.00. The third kappa shape index (κ3) is 5.29. The Morgan fingerprint density at radius 2 is 1.79 bits per heavy atom. The quantitative estimate of drug-likeness (QED) is 0.606. The van der Waals surface area contributed by atoms with Crippen molar-refractivity contribution in [2.75, 3.05) is 11.9 Å². The molecule has 152 valence electrons. The van der Waals surface area contributed by atoms with Crippen molar-refractivity contribution in [3.8, 4) is 11.4 Å². The van der Waals surface area contributed by atoms with Crippen LogP contribution in [0.3, 0.4) is 0 Å². The molecule has 0 saturated carbocycles. The summed E-state index contributed by atoms with van der Waals surface area (Å²) in [6.07, 6.45) is -2.94. The first kappa shape index (κ1) is 20.7. The number of hydrogen-bond donors (Lipinski definition) is 1. The number of halogens is 4. The van der Waals surface area contributed by atoms with Gasteiger partial charge in [-0.2, -0.15) is 23.0 Å². The fraction of sp³-hybridized carbons (Fsp3) is 0.200. The lowest BCUT2D eigenvalue weighted by atomic mass is 10.1. The maximum Gasteiger partial charge on any atom is 0.422 e. The van der Waals surface area contributed by atoms with Crippen molar-refractivity contribution in [3.05, 3.63) is 81.7 Å². The summed E-state index contributed by atoms with van der Waals surface area (Å²) in [6, 6.07) is 14.8. The number of benzene rings is 2. The van der Waals surface area contributed by atoms with Gasteiger partial charge in [-0.1, -0.05) is 41.9 Å². The van der Waals surface area contributed by atoms with Gasteiger partial charge in [0.15, 0.2) is 6.61 Å². The van der Waals surface area contributed by atoms with Crippen LogP contribution in [0, 0.1) is 0 Å². The van der Waals surface area contributed by atoms with Crippen LogP contribution in [0.4, 0.5) is 18.9 Å². The molecule has 2 aromatic carbocycles. The van der Waals surface area contributed by atoms with E-state index in [1.807, 2.05) is 13.0 Å². The lowest BCUT2D eigenvalue weighted by Crippen LogP contribution is -2.23. The van der Waals surface area contributed by atoms with E-state index in [2.05, 4.69) is 10.4 Å². The standard InChI is InChI=1S/C20H17ClF3N3O2/c1-13(14-7-9-16(10-8-14)29-12-20(22,23)24)26-17-11-25-27(19(28)18(17)21)15-5-3-2-4-6-15/h2-11,13,26H,12H2,1H3. The van der Waals surface area contributed by atoms with Gasteiger partial charge in [-0.25, -0.2) is 0 Å². The van der Waals surface area contributed by atoms with Gasteiger partial charge < -0.3 is 10.1 Å². The second-order valence-electron chi connectivity index (χ2n) is 6.26. The van der Waals surface area contributed by atoms with Crippen LogP contribution in [-0.4, -0.2) is 22.6 Å². The fourth-order valence-corrected chi connectivity index (χ4v) is 2.80. The van der Waals surface area contributed by atoms with Gasteiger partial charge in [0.05, 0.1) is 17.6 Å². The molecule has 1 N–H and O–H groups in total. The molecular weight excluding hydrogens is 407 g/mol. The maximum absolute atomic E-state index is 12.5. The van der Waals surface area contributed by atoms with E-state index < -0.39 is 18.3 Å². The van der Waals surface area contributed by atoms with Gasteiger partial charge in [0, 0.05) is 6.04 Å². The fourth-order valence-electron chi connectivity index (χ4n) is 2.62. The molecule has 0 bridgehead atoms. The minimum Gasteiger partial charge on any atom is -0.484 e. The maximum atomic E-state index is 12.5. The molecule has 3 rings (SSSR count). The zero-order valence-electron chi connectivity index (χ0n) is 15.3. The largest absolute Gasteiger partial charge is 0.484 e. The van der Waals surface area contributed by atoms with Crippen LogP contribution in [0.2, 0.25) is 5.02 Å². The Kier molecular flexibility index (Phi) is 6.12. The molecule has 1 unspecified atom stereocenters. The molecule has 1 atom stereocenters. The number of ether oxygens (including phenoxy) is 1. The zero-order chi connectivity index (χ0) is 21.0. The summed E-state index contributed by atoms with van der Waals surface area (Å²) in [5, 5.41) is 7.23. The van der Waals surface area contributed by atoms with Crippen molar-refractivity contribution >= 4 is 17.3 Å². The average Bonchev–Trinajstić information content (AvgIpc) is 2.70. The van der Waals surface area contributed by atoms with Crippen LogP contribution in [0.5, 0.6) is 5.75 Å². The molecule has 0 spiro atoms. The molecule has 0 radical (unpaired) electrons. The molecule has 0 aliphatic rings. The number of nitrogens with zero attached hydrogens (tertiary/aromatic N) is 2. The molecule has 9 heteroatoms. The minimum atomic E-state index is -4.39. The third-order valence-electron chi connectivity index (χ3n) is 4.07. The van der Waals surface area contributed by atoms with Crippen molar-refractivity contribution < 1.29 is 17.9 Å². The SMILES string of the molecule is CC(Nc1cnn(-c2ccccc2)c(=O)c1Cl)c1ccc(OCC(F)(F)F)cc1. The summed E-state index contributed by atoms with van der Waals surface area (Å²) < 4.78 is 42.5. The molecular formula is C20H17ClF3N3O2. The van der Waals surface area contributed by atoms with Gasteiger partial charge >= 0.3 is 6.18 Å². The van der Waals surface area contributed by atoms with Gasteiger partial charge in [-0.3, -0.25) is 4.79 Å². The van der Waals surface area contributed by atoms with E-state index in [1.54, 1.807) is 36.4 Å². The van der Waals surface area contributed by atoms with Crippen LogP contribution < -0.4 is 15.6 Å². The molecule has 0 fully saturated rings. The normalized spacial score (nSPS) is 12.4. The highest BCUT2D eigenvalue weighted by Crippen LogP contribution is 2.25. The first-order valence-corrected chi connectivity index (χ1v) is 9.02. The van der Waals surface area contributed by atoms with E-state index >= 15 is 0 Å². The first-order valence-electron chi connectivity index (χ1n) is 8.64. The van der Waals surface area contributed by atoms with Crippen molar-refractivity contribution in [3.63, 3.8) is 0 Å². The lowest BCUT2D eigenvalue weighted by molar-refractivity contribution is -0.153. The van der Waals surface area contributed by atoms with Crippen LogP contribution in [0.15, 0.2) is 65.6 Å². The van der Waals surface area contributed by atoms with E-state index in [-0.39, 0.29) is 16.8 Å². The molecule has 3 aromatic rings. The Morgan fingerprint density at radius 3 is 2.41 bits per heavy atom. The molecule has 1 heterocycles. The topological polar surface area (TPSA) is 56.2 Å². The number of aromatic nitrogens is 2. The summed E-state index contributed by atoms with van der Waals surface area (Å²) in [6.45, 7) is 0.476. The number of nitrogens with one attached hydrogen (secondary N) is 1. The number of alkyl halides is 3. The predicted octanol–water partition coefficient (Wildman–Crippen LogP) is 5.00. The highest BCUT2D eigenvalue weighted by molar-refractivity contribution is 6.33. The summed E-state index contributed by atoms with van der Waals surface area (Å²) >= 11 is 6.23. The second-order valence-corrected chi connectivity index (χ2v) is 6.64. The van der Waals surface area contributed by atoms with E-state index in [9.17, 15) is 18.0 Å². The molecule has 29 heavy (non-hydrogen) atoms. The molecule has 0 aliphatic heterocycles. The Bertz CT molecular complexity index is 1020. The van der Waals surface area contributed by atoms with Gasteiger partial charge in [0.2, 0.25) is 0 Å². The summed E-state index contributed by atoms with van der Waals surface area (Å²) in [4.78, 5) is 12.5. The zero-order valence-corrected chi connectivity index (χ0v) is 16.0. The van der Waals surface area contributed by atoms with E-state index in [0.717, 1.165) is 5.56 Å². The van der Waals surface area contributed by atoms with Crippen LogP contribution >= 0.6 is 11.6 Å². The monoisotopic (exact) mass is 423 g/mol. The Labute approximate surface area is 169 Å². The van der Waals surface area contributed by atoms with Crippen LogP contribution in [0.1, 0.15) is 18.5 Å². The average molecular weight is 424 g/mol. The van der Waals surface area contributed by atoms with E-state index in [4.69, 9.17) is 16.3 Å². The van der Waals surface area contributed by atoms with Crippen LogP contribution in [-0.2, 0) is 0 Å². The van der Waals surface area contributed by atoms with Gasteiger partial charge in [-0.15, -0.1) is 0 Å². The van der Waals surface area contributed by atoms with E-state index in [1.165, 1.54) is 23.0 Å². The summed E-state index contributed by atoms with van der Waals surface area (Å²) in [5.74, 6) is 0.114. The Morgan fingerprint density at radius 1 is 1.14 bits per heavy atom. The highest BCUT2D eigenvalue weighted by atomic mass is 35.5. The summed E-state index contributed by atoms with van der Waals surface area (Å²) in [5.41, 5.74) is 1.25. The molecule has 0 amide bonds. The molecule has 5 nitrogen and oxygen atoms in total. The number of para-hydroxylation sites is 1. The number of anilines is 1. The van der Waals surface area contributed by atoms with Crippen molar-refractivity contribution in [2.24, 2.45) is 0 Å². The van der Waals surface area contributed by atoms with Crippen LogP contribution in [0.25, 0.3) is 5.69 Å². The number of hydrogen-bond acceptors (Lipinski definition) is 4. The van der Waals surface area contributed by atoms with Gasteiger partial charge in [-0.05, 0) is 36.8 Å². The van der Waals surface area contributed by atoms with Crippen molar-refractivity contribution in [1.82, 2.24) is 9.78 Å². The molecule has 1 aromatic heterocycles. The van der Waals surface area contributed by atoms with E-state index in [0.29, 0.717) is 11.4 Å². The lowest BCUT2D eigenvalue weighted by Gasteiger charge is -2.17. The minimum absolute atomic E-state index is 0.0131. The smallest absolute Gasteiger partial charge is 0.422 e. The Balaban J connectivity index is 1.73. The second kappa shape index (κ2) is 8.57. The third-order valence-corrected chi connectivity index (χ3v) is 4.44. The molecule has 0 aliphatic carbocycles. The van der Waals surface area contributed by atoms with Gasteiger partial charge in [0.25, 0.3) is 5.56 Å². The molecule has 0 saturated heterocycles. The predicted molar refractivity (Wildman–Crippen MR) is 105 cm³/mol. The highest BCUT2D eigenvalue weighted by Gasteiger charge is 2.28. The van der Waals surface area contributed by atoms with Crippen molar-refractivity contribution in [1.29, 1.82) is 0 Å². The van der Waals surface area contributed by atoms with Gasteiger partial charge in [0.1, 0.15) is 10.8 Å². The first-order chi connectivity index (χ1) is 13.7.